The third-order valence-electron chi connectivity index (χ3n) is 1.55. The first-order chi connectivity index (χ1) is 6.80. The summed E-state index contributed by atoms with van der Waals surface area (Å²) >= 11 is 0. The third kappa shape index (κ3) is 2.83. The molecule has 1 aromatic rings. The number of halogens is 3. The molecule has 0 fully saturated rings. The van der Waals surface area contributed by atoms with Crippen LogP contribution in [-0.4, -0.2) is 21.2 Å². The average molecular weight is 221 g/mol. The lowest BCUT2D eigenvalue weighted by molar-refractivity contribution is -0.142. The van der Waals surface area contributed by atoms with Crippen LogP contribution in [0.2, 0.25) is 0 Å². The van der Waals surface area contributed by atoms with E-state index < -0.39 is 30.0 Å². The minimum atomic E-state index is -4.74. The molecule has 15 heavy (non-hydrogen) atoms. The van der Waals surface area contributed by atoms with Crippen molar-refractivity contribution in [1.29, 1.82) is 0 Å². The maximum Gasteiger partial charge on any atom is 0.437 e. The molecule has 0 unspecified atom stereocenters. The van der Waals surface area contributed by atoms with Gasteiger partial charge in [0.2, 0.25) is 0 Å². The Balaban J connectivity index is 3.04. The van der Waals surface area contributed by atoms with Gasteiger partial charge in [-0.2, -0.15) is 13.2 Å². The number of aromatic hydroxyl groups is 1. The van der Waals surface area contributed by atoms with Crippen molar-refractivity contribution >= 4 is 5.97 Å². The molecule has 1 aromatic heterocycles. The number of aromatic nitrogens is 1. The van der Waals surface area contributed by atoms with Gasteiger partial charge in [-0.25, -0.2) is 4.98 Å². The predicted octanol–water partition coefficient (Wildman–Crippen LogP) is 1.43. The molecule has 0 amide bonds. The largest absolute Gasteiger partial charge is 0.506 e. The first-order valence-electron chi connectivity index (χ1n) is 3.77. The summed E-state index contributed by atoms with van der Waals surface area (Å²) in [5.74, 6) is -2.28. The highest BCUT2D eigenvalue weighted by atomic mass is 19.4. The minimum absolute atomic E-state index is 0.00741. The second-order valence-corrected chi connectivity index (χ2v) is 2.78. The van der Waals surface area contributed by atoms with Crippen molar-refractivity contribution in [1.82, 2.24) is 4.98 Å². The number of carboxylic acids is 1. The lowest BCUT2D eigenvalue weighted by Crippen LogP contribution is -2.09. The van der Waals surface area contributed by atoms with E-state index in [1.165, 1.54) is 0 Å². The molecule has 0 aliphatic rings. The number of aliphatic carboxylic acids is 1. The topological polar surface area (TPSA) is 70.4 Å². The highest BCUT2D eigenvalue weighted by molar-refractivity contribution is 5.70. The zero-order valence-corrected chi connectivity index (χ0v) is 7.25. The van der Waals surface area contributed by atoms with Crippen molar-refractivity contribution in [2.45, 2.75) is 12.6 Å². The fourth-order valence-electron chi connectivity index (χ4n) is 0.985. The van der Waals surface area contributed by atoms with Gasteiger partial charge in [-0.3, -0.25) is 4.79 Å². The number of pyridine rings is 1. The summed E-state index contributed by atoms with van der Waals surface area (Å²) in [6.45, 7) is 0. The Labute approximate surface area is 82.0 Å². The van der Waals surface area contributed by atoms with Gasteiger partial charge in [-0.15, -0.1) is 0 Å². The van der Waals surface area contributed by atoms with Crippen LogP contribution < -0.4 is 0 Å². The van der Waals surface area contributed by atoms with E-state index >= 15 is 0 Å². The van der Waals surface area contributed by atoms with Crippen molar-refractivity contribution in [3.63, 3.8) is 0 Å². The van der Waals surface area contributed by atoms with Crippen LogP contribution in [0, 0.1) is 0 Å². The molecule has 1 heterocycles. The van der Waals surface area contributed by atoms with Crippen LogP contribution in [0.3, 0.4) is 0 Å². The molecule has 0 aromatic carbocycles. The Bertz CT molecular complexity index is 389. The highest BCUT2D eigenvalue weighted by Crippen LogP contribution is 2.33. The Kier molecular flexibility index (Phi) is 2.83. The third-order valence-corrected chi connectivity index (χ3v) is 1.55. The monoisotopic (exact) mass is 221 g/mol. The summed E-state index contributed by atoms with van der Waals surface area (Å²) in [6, 6.07) is 0.740. The molecule has 7 heteroatoms. The quantitative estimate of drug-likeness (QED) is 0.792. The number of rotatable bonds is 2. The van der Waals surface area contributed by atoms with Crippen LogP contribution >= 0.6 is 0 Å². The smallest absolute Gasteiger partial charge is 0.437 e. The number of hydrogen-bond donors (Lipinski definition) is 2. The summed E-state index contributed by atoms with van der Waals surface area (Å²) in [4.78, 5) is 13.2. The van der Waals surface area contributed by atoms with Gasteiger partial charge in [-0.05, 0) is 11.6 Å². The van der Waals surface area contributed by atoms with E-state index in [-0.39, 0.29) is 5.56 Å². The molecule has 1 rings (SSSR count). The van der Waals surface area contributed by atoms with E-state index in [1.54, 1.807) is 0 Å². The van der Waals surface area contributed by atoms with Crippen LogP contribution in [0.5, 0.6) is 5.75 Å². The SMILES string of the molecule is O=C(O)Cc1cnc(C(F)(F)F)c(O)c1. The zero-order valence-electron chi connectivity index (χ0n) is 7.25. The van der Waals surface area contributed by atoms with Gasteiger partial charge in [-0.1, -0.05) is 0 Å². The van der Waals surface area contributed by atoms with Gasteiger partial charge < -0.3 is 10.2 Å². The van der Waals surface area contributed by atoms with Crippen LogP contribution in [0.15, 0.2) is 12.3 Å². The molecule has 0 radical (unpaired) electrons. The molecule has 0 atom stereocenters. The number of nitrogens with zero attached hydrogens (tertiary/aromatic N) is 1. The number of hydrogen-bond acceptors (Lipinski definition) is 3. The molecule has 0 spiro atoms. The van der Waals surface area contributed by atoms with Gasteiger partial charge in [0.25, 0.3) is 0 Å². The summed E-state index contributed by atoms with van der Waals surface area (Å²) in [6.07, 6.45) is -4.46. The first-order valence-corrected chi connectivity index (χ1v) is 3.77. The Morgan fingerprint density at radius 3 is 2.47 bits per heavy atom. The van der Waals surface area contributed by atoms with E-state index in [1.807, 2.05) is 0 Å². The van der Waals surface area contributed by atoms with E-state index in [0.717, 1.165) is 12.3 Å². The maximum absolute atomic E-state index is 12.1. The van der Waals surface area contributed by atoms with Crippen LogP contribution in [-0.2, 0) is 17.4 Å². The lowest BCUT2D eigenvalue weighted by atomic mass is 10.2. The van der Waals surface area contributed by atoms with Gasteiger partial charge in [0, 0.05) is 6.20 Å². The standard InChI is InChI=1S/C8H6F3NO3/c9-8(10,11)7-5(13)1-4(3-12-7)2-6(14)15/h1,3,13H,2H2,(H,14,15). The first kappa shape index (κ1) is 11.3. The lowest BCUT2D eigenvalue weighted by Gasteiger charge is -2.08. The van der Waals surface area contributed by atoms with Crippen LogP contribution in [0.4, 0.5) is 13.2 Å². The molecule has 0 bridgehead atoms. The van der Waals surface area contributed by atoms with Crippen LogP contribution in [0.25, 0.3) is 0 Å². The Morgan fingerprint density at radius 1 is 1.47 bits per heavy atom. The van der Waals surface area contributed by atoms with Gasteiger partial charge in [0.15, 0.2) is 5.69 Å². The molecule has 0 saturated heterocycles. The molecule has 4 nitrogen and oxygen atoms in total. The zero-order chi connectivity index (χ0) is 11.6. The normalized spacial score (nSPS) is 11.4. The number of carboxylic acid groups (broad SMARTS) is 1. The second-order valence-electron chi connectivity index (χ2n) is 2.78. The summed E-state index contributed by atoms with van der Waals surface area (Å²) in [5, 5.41) is 17.3. The predicted molar refractivity (Wildman–Crippen MR) is 42.2 cm³/mol. The number of carbonyl (C=O) groups is 1. The summed E-state index contributed by atoms with van der Waals surface area (Å²) in [7, 11) is 0. The highest BCUT2D eigenvalue weighted by Gasteiger charge is 2.35. The fraction of sp³-hybridized carbons (Fsp3) is 0.250. The maximum atomic E-state index is 12.1. The van der Waals surface area contributed by atoms with Crippen molar-refractivity contribution < 1.29 is 28.2 Å². The van der Waals surface area contributed by atoms with Crippen molar-refractivity contribution in [3.05, 3.63) is 23.5 Å². The number of alkyl halides is 3. The molecule has 2 N–H and O–H groups in total. The van der Waals surface area contributed by atoms with E-state index in [9.17, 15) is 18.0 Å². The molecular formula is C8H6F3NO3. The second kappa shape index (κ2) is 3.76. The Hall–Kier alpha value is -1.79. The fourth-order valence-corrected chi connectivity index (χ4v) is 0.985. The van der Waals surface area contributed by atoms with E-state index in [4.69, 9.17) is 10.2 Å². The van der Waals surface area contributed by atoms with Crippen molar-refractivity contribution in [3.8, 4) is 5.75 Å². The molecule has 0 saturated carbocycles. The van der Waals surface area contributed by atoms with Gasteiger partial charge >= 0.3 is 12.1 Å². The van der Waals surface area contributed by atoms with Gasteiger partial charge in [0.05, 0.1) is 6.42 Å². The summed E-state index contributed by atoms with van der Waals surface area (Å²) < 4.78 is 36.3. The van der Waals surface area contributed by atoms with Crippen LogP contribution in [0.1, 0.15) is 11.3 Å². The van der Waals surface area contributed by atoms with E-state index in [0.29, 0.717) is 0 Å². The minimum Gasteiger partial charge on any atom is -0.506 e. The molecule has 82 valence electrons. The molecule has 0 aliphatic carbocycles. The van der Waals surface area contributed by atoms with Gasteiger partial charge in [0.1, 0.15) is 5.75 Å². The average Bonchev–Trinajstić information content (AvgIpc) is 1.99. The van der Waals surface area contributed by atoms with Crippen molar-refractivity contribution in [2.75, 3.05) is 0 Å². The van der Waals surface area contributed by atoms with E-state index in [2.05, 4.69) is 4.98 Å². The molecule has 0 aliphatic heterocycles. The van der Waals surface area contributed by atoms with Crippen molar-refractivity contribution in [2.24, 2.45) is 0 Å². The molecular weight excluding hydrogens is 215 g/mol. The summed E-state index contributed by atoms with van der Waals surface area (Å²) in [5.41, 5.74) is -1.41. The Morgan fingerprint density at radius 2 is 2.07 bits per heavy atom.